The lowest BCUT2D eigenvalue weighted by atomic mass is 9.99. The average Bonchev–Trinajstić information content (AvgIpc) is 3.13. The number of nitrogens with zero attached hydrogens (tertiary/aromatic N) is 1. The summed E-state index contributed by atoms with van der Waals surface area (Å²) in [7, 11) is 0. The summed E-state index contributed by atoms with van der Waals surface area (Å²) in [4.78, 5) is 12.4. The molecule has 2 atom stereocenters. The molecule has 1 aromatic carbocycles. The molecule has 5 heteroatoms. The van der Waals surface area contributed by atoms with Crippen molar-refractivity contribution in [2.45, 2.75) is 24.8 Å². The van der Waals surface area contributed by atoms with Crippen molar-refractivity contribution < 1.29 is 9.21 Å². The molecule has 1 N–H and O–H groups in total. The van der Waals surface area contributed by atoms with E-state index >= 15 is 0 Å². The van der Waals surface area contributed by atoms with Crippen LogP contribution in [0.2, 0.25) is 0 Å². The first-order valence-electron chi connectivity index (χ1n) is 6.93. The van der Waals surface area contributed by atoms with Crippen molar-refractivity contribution in [2.75, 3.05) is 11.5 Å². The van der Waals surface area contributed by atoms with Crippen molar-refractivity contribution in [3.05, 3.63) is 36.1 Å². The molecule has 4 nitrogen and oxygen atoms in total. The number of hydrogen-bond acceptors (Lipinski definition) is 4. The quantitative estimate of drug-likeness (QED) is 0.946. The Bertz CT molecular complexity index is 677. The summed E-state index contributed by atoms with van der Waals surface area (Å²) in [5.74, 6) is 1.63. The lowest BCUT2D eigenvalue weighted by Gasteiger charge is -2.22. The molecular formula is C16H16N2O2S. The van der Waals surface area contributed by atoms with Crippen molar-refractivity contribution in [3.8, 4) is 6.07 Å². The molecule has 3 rings (SSSR count). The molecule has 21 heavy (non-hydrogen) atoms. The summed E-state index contributed by atoms with van der Waals surface area (Å²) in [6.07, 6.45) is 0.701. The van der Waals surface area contributed by atoms with Crippen molar-refractivity contribution in [3.63, 3.8) is 0 Å². The van der Waals surface area contributed by atoms with E-state index in [4.69, 9.17) is 4.42 Å². The maximum atomic E-state index is 12.4. The molecule has 1 aromatic heterocycles. The van der Waals surface area contributed by atoms with E-state index in [0.717, 1.165) is 16.7 Å². The van der Waals surface area contributed by atoms with Crippen LogP contribution in [-0.2, 0) is 4.79 Å². The van der Waals surface area contributed by atoms with Gasteiger partial charge >= 0.3 is 0 Å². The molecule has 1 amide bonds. The highest BCUT2D eigenvalue weighted by atomic mass is 32.2. The second kappa shape index (κ2) is 5.45. The lowest BCUT2D eigenvalue weighted by Crippen LogP contribution is -2.48. The Morgan fingerprint density at radius 3 is 3.00 bits per heavy atom. The van der Waals surface area contributed by atoms with Crippen LogP contribution in [0.5, 0.6) is 0 Å². The van der Waals surface area contributed by atoms with Crippen LogP contribution in [0.4, 0.5) is 0 Å². The summed E-state index contributed by atoms with van der Waals surface area (Å²) in [6, 6.07) is 11.8. The van der Waals surface area contributed by atoms with Gasteiger partial charge in [0.2, 0.25) is 5.91 Å². The van der Waals surface area contributed by atoms with E-state index in [-0.39, 0.29) is 5.91 Å². The first-order chi connectivity index (χ1) is 10.1. The predicted octanol–water partition coefficient (Wildman–Crippen LogP) is 3.05. The second-order valence-electron chi connectivity index (χ2n) is 5.39. The smallest absolute Gasteiger partial charge is 0.231 e. The molecule has 108 valence electrons. The fourth-order valence-electron chi connectivity index (χ4n) is 2.47. The van der Waals surface area contributed by atoms with Gasteiger partial charge in [-0.15, -0.1) is 0 Å². The summed E-state index contributed by atoms with van der Waals surface area (Å²) in [6.45, 7) is 1.81. The average molecular weight is 300 g/mol. The molecular weight excluding hydrogens is 284 g/mol. The monoisotopic (exact) mass is 300 g/mol. The molecule has 0 saturated carbocycles. The summed E-state index contributed by atoms with van der Waals surface area (Å²) >= 11 is 1.70. The van der Waals surface area contributed by atoms with E-state index < -0.39 is 11.5 Å². The van der Waals surface area contributed by atoms with Crippen molar-refractivity contribution in [1.29, 1.82) is 5.26 Å². The zero-order valence-electron chi connectivity index (χ0n) is 11.8. The molecule has 2 heterocycles. The number of carbonyl (C=O) groups is 1. The van der Waals surface area contributed by atoms with Crippen molar-refractivity contribution in [2.24, 2.45) is 0 Å². The molecule has 1 aliphatic heterocycles. The minimum Gasteiger partial charge on any atom is -0.460 e. The number of amides is 1. The standard InChI is InChI=1S/C16H16N2O2S/c1-11(14-8-12-4-2-3-5-13(12)20-14)15(19)18-16(9-17)6-7-21-10-16/h2-5,8,11H,6-7,10H2,1H3,(H,18,19)/t11-,16+/m0/s1. The highest BCUT2D eigenvalue weighted by molar-refractivity contribution is 7.99. The van der Waals surface area contributed by atoms with E-state index in [0.29, 0.717) is 17.9 Å². The van der Waals surface area contributed by atoms with Crippen molar-refractivity contribution >= 4 is 28.6 Å². The highest BCUT2D eigenvalue weighted by Gasteiger charge is 2.37. The summed E-state index contributed by atoms with van der Waals surface area (Å²) in [5.41, 5.74) is 0.0562. The van der Waals surface area contributed by atoms with Gasteiger partial charge in [0.25, 0.3) is 0 Å². The summed E-state index contributed by atoms with van der Waals surface area (Å²) < 4.78 is 5.73. The van der Waals surface area contributed by atoms with Crippen LogP contribution >= 0.6 is 11.8 Å². The van der Waals surface area contributed by atoms with E-state index in [1.807, 2.05) is 30.3 Å². The predicted molar refractivity (Wildman–Crippen MR) is 83.1 cm³/mol. The molecule has 0 aliphatic carbocycles. The number of nitrogens with one attached hydrogen (secondary N) is 1. The normalized spacial score (nSPS) is 22.9. The minimum atomic E-state index is -0.720. The SMILES string of the molecule is C[C@H](C(=O)N[C@@]1(C#N)CCSC1)c1cc2ccccc2o1. The van der Waals surface area contributed by atoms with Crippen LogP contribution in [0.25, 0.3) is 11.0 Å². The number of thioether (sulfide) groups is 1. The lowest BCUT2D eigenvalue weighted by molar-refractivity contribution is -0.123. The second-order valence-corrected chi connectivity index (χ2v) is 6.50. The van der Waals surface area contributed by atoms with Gasteiger partial charge in [-0.3, -0.25) is 4.79 Å². The topological polar surface area (TPSA) is 66.0 Å². The van der Waals surface area contributed by atoms with Crippen LogP contribution in [0, 0.1) is 11.3 Å². The van der Waals surface area contributed by atoms with E-state index in [1.165, 1.54) is 0 Å². The van der Waals surface area contributed by atoms with Crippen LogP contribution < -0.4 is 5.32 Å². The van der Waals surface area contributed by atoms with E-state index in [1.54, 1.807) is 18.7 Å². The van der Waals surface area contributed by atoms with E-state index in [9.17, 15) is 10.1 Å². The molecule has 2 aromatic rings. The zero-order chi connectivity index (χ0) is 14.9. The number of furan rings is 1. The first-order valence-corrected chi connectivity index (χ1v) is 8.08. The van der Waals surface area contributed by atoms with Crippen LogP contribution in [0.1, 0.15) is 25.0 Å². The number of rotatable bonds is 3. The van der Waals surface area contributed by atoms with Gasteiger partial charge in [0, 0.05) is 11.1 Å². The maximum absolute atomic E-state index is 12.4. The van der Waals surface area contributed by atoms with Gasteiger partial charge in [-0.25, -0.2) is 0 Å². The van der Waals surface area contributed by atoms with Gasteiger partial charge in [0.05, 0.1) is 12.0 Å². The molecule has 0 spiro atoms. The Balaban J connectivity index is 1.79. The maximum Gasteiger partial charge on any atom is 0.231 e. The number of carbonyl (C=O) groups excluding carboxylic acids is 1. The fourth-order valence-corrected chi connectivity index (χ4v) is 3.74. The number of benzene rings is 1. The third kappa shape index (κ3) is 2.64. The zero-order valence-corrected chi connectivity index (χ0v) is 12.6. The van der Waals surface area contributed by atoms with Crippen molar-refractivity contribution in [1.82, 2.24) is 5.32 Å². The van der Waals surface area contributed by atoms with Gasteiger partial charge in [-0.1, -0.05) is 18.2 Å². The Morgan fingerprint density at radius 1 is 1.52 bits per heavy atom. The Kier molecular flexibility index (Phi) is 3.64. The van der Waals surface area contributed by atoms with Gasteiger partial charge in [0.15, 0.2) is 0 Å². The molecule has 1 aliphatic rings. The third-order valence-corrected chi connectivity index (χ3v) is 5.05. The van der Waals surface area contributed by atoms with Gasteiger partial charge < -0.3 is 9.73 Å². The van der Waals surface area contributed by atoms with Gasteiger partial charge in [-0.05, 0) is 31.2 Å². The molecule has 0 bridgehead atoms. The Labute approximate surface area is 127 Å². The number of nitriles is 1. The van der Waals surface area contributed by atoms with Crippen LogP contribution in [-0.4, -0.2) is 23.0 Å². The molecule has 0 unspecified atom stereocenters. The fraction of sp³-hybridized carbons (Fsp3) is 0.375. The molecule has 1 saturated heterocycles. The largest absolute Gasteiger partial charge is 0.460 e. The van der Waals surface area contributed by atoms with Crippen LogP contribution in [0.3, 0.4) is 0 Å². The highest BCUT2D eigenvalue weighted by Crippen LogP contribution is 2.29. The molecule has 1 fully saturated rings. The Morgan fingerprint density at radius 2 is 2.33 bits per heavy atom. The van der Waals surface area contributed by atoms with Gasteiger partial charge in [-0.2, -0.15) is 17.0 Å². The molecule has 0 radical (unpaired) electrons. The minimum absolute atomic E-state index is 0.155. The van der Waals surface area contributed by atoms with Crippen LogP contribution in [0.15, 0.2) is 34.7 Å². The van der Waals surface area contributed by atoms with Gasteiger partial charge in [0.1, 0.15) is 16.9 Å². The third-order valence-electron chi connectivity index (χ3n) is 3.86. The first kappa shape index (κ1) is 14.0. The number of para-hydroxylation sites is 1. The Hall–Kier alpha value is -1.93. The summed E-state index contributed by atoms with van der Waals surface area (Å²) in [5, 5.41) is 13.2. The number of hydrogen-bond donors (Lipinski definition) is 1. The number of fused-ring (bicyclic) bond motifs is 1. The van der Waals surface area contributed by atoms with E-state index in [2.05, 4.69) is 11.4 Å².